The normalized spacial score (nSPS) is 34.1. The van der Waals surface area contributed by atoms with Crippen LogP contribution in [0.5, 0.6) is 0 Å². The van der Waals surface area contributed by atoms with Gasteiger partial charge in [-0.05, 0) is 51.2 Å². The topological polar surface area (TPSA) is 96.4 Å². The monoisotopic (exact) mass is 528 g/mol. The lowest BCUT2D eigenvalue weighted by Crippen LogP contribution is -2.56. The highest BCUT2D eigenvalue weighted by molar-refractivity contribution is 6.34. The van der Waals surface area contributed by atoms with E-state index in [1.54, 1.807) is 34.9 Å². The number of fused-ring (bicyclic) bond motifs is 2. The lowest BCUT2D eigenvalue weighted by atomic mass is 9.74. The summed E-state index contributed by atoms with van der Waals surface area (Å²) in [5.41, 5.74) is -1.88. The Morgan fingerprint density at radius 2 is 1.86 bits per heavy atom. The van der Waals surface area contributed by atoms with Crippen LogP contribution in [-0.4, -0.2) is 71.3 Å². The van der Waals surface area contributed by atoms with Gasteiger partial charge in [0.25, 0.3) is 5.91 Å². The number of hydrogen-bond acceptors (Lipinski definition) is 6. The summed E-state index contributed by atoms with van der Waals surface area (Å²) in [5, 5.41) is 9.64. The fraction of sp³-hybridized carbons (Fsp3) is 0.536. The number of allylic oxidation sites excluding steroid dienone is 1. The standard InChI is InChI=1S/C28H33ClN2O6/c1-27-13-6-2-9-18-36-26(35)22(27)21-24(33)31(15-7-3-8-17-32)23-25(34)30(16-10-14-28(21,23)37-27)20-12-5-4-11-19(20)29/h4-6,10-14,21-23,32H,2-3,7-9,15-18H2,1H3/b13-6-/t21-,22-,23?,27+,28-/m0/s1. The van der Waals surface area contributed by atoms with Crippen molar-refractivity contribution in [3.63, 3.8) is 0 Å². The number of amides is 2. The summed E-state index contributed by atoms with van der Waals surface area (Å²) in [6, 6.07) is 6.14. The molecule has 1 N–H and O–H groups in total. The van der Waals surface area contributed by atoms with Crippen molar-refractivity contribution in [3.8, 4) is 0 Å². The summed E-state index contributed by atoms with van der Waals surface area (Å²) in [6.45, 7) is 2.71. The number of halogens is 1. The Balaban J connectivity index is 1.61. The number of carbonyl (C=O) groups excluding carboxylic acids is 3. The number of nitrogens with zero attached hydrogens (tertiary/aromatic N) is 2. The molecule has 1 aromatic carbocycles. The number of esters is 1. The van der Waals surface area contributed by atoms with Gasteiger partial charge in [0, 0.05) is 19.7 Å². The van der Waals surface area contributed by atoms with Crippen LogP contribution in [0.15, 0.2) is 48.6 Å². The fourth-order valence-electron chi connectivity index (χ4n) is 6.33. The number of ether oxygens (including phenoxy) is 2. The Morgan fingerprint density at radius 1 is 1.05 bits per heavy atom. The smallest absolute Gasteiger partial charge is 0.313 e. The summed E-state index contributed by atoms with van der Waals surface area (Å²) >= 11 is 6.48. The largest absolute Gasteiger partial charge is 0.465 e. The molecule has 2 amide bonds. The van der Waals surface area contributed by atoms with Gasteiger partial charge in [-0.1, -0.05) is 48.0 Å². The van der Waals surface area contributed by atoms with Crippen molar-refractivity contribution in [1.82, 2.24) is 4.90 Å². The number of anilines is 1. The Labute approximate surface area is 221 Å². The zero-order chi connectivity index (χ0) is 26.2. The van der Waals surface area contributed by atoms with Gasteiger partial charge < -0.3 is 24.4 Å². The number of benzene rings is 1. The van der Waals surface area contributed by atoms with E-state index in [1.165, 1.54) is 0 Å². The van der Waals surface area contributed by atoms with Gasteiger partial charge in [-0.2, -0.15) is 0 Å². The molecule has 4 heterocycles. The maximum atomic E-state index is 14.3. The molecule has 198 valence electrons. The zero-order valence-electron chi connectivity index (χ0n) is 21.0. The van der Waals surface area contributed by atoms with Crippen LogP contribution in [-0.2, 0) is 23.9 Å². The van der Waals surface area contributed by atoms with Gasteiger partial charge in [0.2, 0.25) is 5.91 Å². The van der Waals surface area contributed by atoms with E-state index in [0.717, 1.165) is 6.42 Å². The average Bonchev–Trinajstić information content (AvgIpc) is 3.22. The van der Waals surface area contributed by atoms with E-state index in [2.05, 4.69) is 0 Å². The molecule has 9 heteroatoms. The maximum absolute atomic E-state index is 14.3. The second-order valence-corrected chi connectivity index (χ2v) is 10.7. The number of unbranched alkanes of at least 4 members (excludes halogenated alkanes) is 2. The van der Waals surface area contributed by atoms with Crippen LogP contribution in [0.1, 0.15) is 39.0 Å². The number of para-hydroxylation sites is 1. The third-order valence-electron chi connectivity index (χ3n) is 7.95. The van der Waals surface area contributed by atoms with Gasteiger partial charge >= 0.3 is 5.97 Å². The van der Waals surface area contributed by atoms with Crippen LogP contribution in [0.2, 0.25) is 5.02 Å². The molecule has 0 aromatic heterocycles. The lowest BCUT2D eigenvalue weighted by molar-refractivity contribution is -0.158. The van der Waals surface area contributed by atoms with Crippen molar-refractivity contribution in [2.24, 2.45) is 11.8 Å². The highest BCUT2D eigenvalue weighted by Gasteiger charge is 2.74. The van der Waals surface area contributed by atoms with Crippen LogP contribution >= 0.6 is 11.6 Å². The molecule has 37 heavy (non-hydrogen) atoms. The van der Waals surface area contributed by atoms with E-state index in [9.17, 15) is 19.5 Å². The highest BCUT2D eigenvalue weighted by Crippen LogP contribution is 2.57. The Bertz CT molecular complexity index is 1140. The van der Waals surface area contributed by atoms with Crippen molar-refractivity contribution < 1.29 is 29.0 Å². The van der Waals surface area contributed by atoms with Gasteiger partial charge in [0.05, 0.1) is 28.8 Å². The third kappa shape index (κ3) is 4.29. The van der Waals surface area contributed by atoms with Gasteiger partial charge in [0.15, 0.2) is 0 Å². The molecule has 0 aliphatic carbocycles. The number of rotatable bonds is 6. The summed E-state index contributed by atoms with van der Waals surface area (Å²) in [5.74, 6) is -2.85. The van der Waals surface area contributed by atoms with Crippen molar-refractivity contribution in [3.05, 3.63) is 53.6 Å². The summed E-state index contributed by atoms with van der Waals surface area (Å²) in [6.07, 6.45) is 10.8. The first-order valence-corrected chi connectivity index (χ1v) is 13.4. The van der Waals surface area contributed by atoms with Crippen LogP contribution in [0, 0.1) is 11.8 Å². The van der Waals surface area contributed by atoms with Gasteiger partial charge in [0.1, 0.15) is 17.6 Å². The van der Waals surface area contributed by atoms with Crippen molar-refractivity contribution in [2.75, 3.05) is 31.2 Å². The van der Waals surface area contributed by atoms with Crippen molar-refractivity contribution >= 4 is 35.1 Å². The van der Waals surface area contributed by atoms with E-state index in [0.29, 0.717) is 42.9 Å². The van der Waals surface area contributed by atoms with Crippen molar-refractivity contribution in [1.29, 1.82) is 0 Å². The number of likely N-dealkylation sites (tertiary alicyclic amines) is 1. The average molecular weight is 529 g/mol. The summed E-state index contributed by atoms with van der Waals surface area (Å²) in [4.78, 5) is 45.0. The van der Waals surface area contributed by atoms with Crippen LogP contribution < -0.4 is 4.90 Å². The molecule has 1 unspecified atom stereocenters. The second kappa shape index (κ2) is 10.2. The number of aliphatic hydroxyl groups is 1. The van der Waals surface area contributed by atoms with Gasteiger partial charge in [-0.25, -0.2) is 0 Å². The van der Waals surface area contributed by atoms with E-state index < -0.39 is 35.0 Å². The molecule has 5 rings (SSSR count). The summed E-state index contributed by atoms with van der Waals surface area (Å²) in [7, 11) is 0. The molecule has 2 fully saturated rings. The fourth-order valence-corrected chi connectivity index (χ4v) is 6.57. The molecular formula is C28H33ClN2O6. The molecule has 0 bridgehead atoms. The van der Waals surface area contributed by atoms with E-state index in [-0.39, 0.29) is 31.6 Å². The zero-order valence-corrected chi connectivity index (χ0v) is 21.7. The Hall–Kier alpha value is -2.68. The number of aliphatic hydroxyl groups excluding tert-OH is 1. The summed E-state index contributed by atoms with van der Waals surface area (Å²) < 4.78 is 12.4. The predicted molar refractivity (Wildman–Crippen MR) is 138 cm³/mol. The first-order chi connectivity index (χ1) is 17.8. The van der Waals surface area contributed by atoms with Crippen LogP contribution in [0.3, 0.4) is 0 Å². The van der Waals surface area contributed by atoms with Gasteiger partial charge in [-0.15, -0.1) is 0 Å². The number of cyclic esters (lactones) is 1. The maximum Gasteiger partial charge on any atom is 0.313 e. The Kier molecular flexibility index (Phi) is 7.18. The minimum Gasteiger partial charge on any atom is -0.465 e. The molecule has 4 aliphatic rings. The molecule has 1 spiro atoms. The van der Waals surface area contributed by atoms with Crippen LogP contribution in [0.4, 0.5) is 5.69 Å². The minimum atomic E-state index is -1.33. The first kappa shape index (κ1) is 25.9. The predicted octanol–water partition coefficient (Wildman–Crippen LogP) is 3.27. The van der Waals surface area contributed by atoms with E-state index in [4.69, 9.17) is 21.1 Å². The molecule has 2 saturated heterocycles. The number of carbonyl (C=O) groups is 3. The van der Waals surface area contributed by atoms with E-state index in [1.807, 2.05) is 30.4 Å². The Morgan fingerprint density at radius 3 is 2.65 bits per heavy atom. The molecule has 4 aliphatic heterocycles. The van der Waals surface area contributed by atoms with E-state index >= 15 is 0 Å². The quantitative estimate of drug-likeness (QED) is 0.346. The van der Waals surface area contributed by atoms with Crippen LogP contribution in [0.25, 0.3) is 0 Å². The molecule has 1 aromatic rings. The number of hydrogen-bond donors (Lipinski definition) is 1. The molecule has 0 radical (unpaired) electrons. The molecular weight excluding hydrogens is 496 g/mol. The SMILES string of the molecule is C[C@@]12/C=C\CCCOC(=O)[C@@H]1[C@H]1C(=O)N(CCCCCO)C3C(=O)N(c4ccccc4Cl)CC=C[C@@]31O2. The second-order valence-electron chi connectivity index (χ2n) is 10.3. The third-order valence-corrected chi connectivity index (χ3v) is 8.27. The molecule has 0 saturated carbocycles. The minimum absolute atomic E-state index is 0.0631. The molecule has 5 atom stereocenters. The van der Waals surface area contributed by atoms with Gasteiger partial charge in [-0.3, -0.25) is 14.4 Å². The lowest BCUT2D eigenvalue weighted by Gasteiger charge is -2.37. The highest BCUT2D eigenvalue weighted by atomic mass is 35.5. The first-order valence-electron chi connectivity index (χ1n) is 13.0. The molecule has 8 nitrogen and oxygen atoms in total. The van der Waals surface area contributed by atoms with Crippen molar-refractivity contribution in [2.45, 2.75) is 56.3 Å².